The van der Waals surface area contributed by atoms with Crippen LogP contribution in [-0.2, 0) is 16.8 Å². The largest absolute Gasteiger partial charge is 0.445 e. The van der Waals surface area contributed by atoms with Crippen LogP contribution in [0.3, 0.4) is 0 Å². The number of benzene rings is 1. The molecule has 3 atom stereocenters. The van der Waals surface area contributed by atoms with E-state index in [0.29, 0.717) is 18.4 Å². The number of hydrogen-bond acceptors (Lipinski definition) is 5. The van der Waals surface area contributed by atoms with Gasteiger partial charge in [0.1, 0.15) is 12.9 Å². The summed E-state index contributed by atoms with van der Waals surface area (Å²) in [5, 5.41) is 10.5. The molecule has 2 heterocycles. The number of amides is 1. The zero-order valence-electron chi connectivity index (χ0n) is 13.4. The highest BCUT2D eigenvalue weighted by atomic mass is 16.5. The number of piperidine rings is 1. The number of carbonyl (C=O) groups is 1. The number of ether oxygens (including phenoxy) is 1. The molecule has 6 heteroatoms. The fraction of sp³-hybridized carbons (Fsp3) is 0.444. The maximum atomic E-state index is 12.1. The summed E-state index contributed by atoms with van der Waals surface area (Å²) >= 11 is 0. The maximum absolute atomic E-state index is 12.1. The number of rotatable bonds is 5. The van der Waals surface area contributed by atoms with E-state index in [9.17, 15) is 4.79 Å². The highest BCUT2D eigenvalue weighted by Gasteiger charge is 2.66. The predicted molar refractivity (Wildman–Crippen MR) is 87.3 cm³/mol. The first-order valence-electron chi connectivity index (χ1n) is 8.37. The van der Waals surface area contributed by atoms with Gasteiger partial charge in [-0.3, -0.25) is 0 Å². The van der Waals surface area contributed by atoms with Crippen molar-refractivity contribution in [3.63, 3.8) is 0 Å². The van der Waals surface area contributed by atoms with Crippen molar-refractivity contribution >= 4 is 6.09 Å². The molecule has 1 aromatic heterocycles. The van der Waals surface area contributed by atoms with Crippen LogP contribution in [0.4, 0.5) is 4.79 Å². The lowest BCUT2D eigenvalue weighted by atomic mass is 9.97. The van der Waals surface area contributed by atoms with Crippen LogP contribution in [0.5, 0.6) is 0 Å². The third kappa shape index (κ3) is 2.67. The van der Waals surface area contributed by atoms with Crippen LogP contribution in [0.25, 0.3) is 0 Å². The number of nitrogens with zero attached hydrogens (tertiary/aromatic N) is 1. The van der Waals surface area contributed by atoms with Gasteiger partial charge in [-0.2, -0.15) is 0 Å². The molecule has 2 N–H and O–H groups in total. The summed E-state index contributed by atoms with van der Waals surface area (Å²) in [5.41, 5.74) is 1.79. The van der Waals surface area contributed by atoms with Gasteiger partial charge in [0, 0.05) is 18.0 Å². The Balaban J connectivity index is 1.37. The van der Waals surface area contributed by atoms with Gasteiger partial charge < -0.3 is 19.9 Å². The monoisotopic (exact) mass is 327 g/mol. The van der Waals surface area contributed by atoms with Crippen LogP contribution >= 0.6 is 0 Å². The van der Waals surface area contributed by atoms with Gasteiger partial charge in [0.2, 0.25) is 0 Å². The summed E-state index contributed by atoms with van der Waals surface area (Å²) < 4.78 is 10.4. The number of nitrogens with one attached hydrogen (secondary N) is 2. The van der Waals surface area contributed by atoms with Gasteiger partial charge in [0.15, 0.2) is 0 Å². The fourth-order valence-electron chi connectivity index (χ4n) is 4.08. The summed E-state index contributed by atoms with van der Waals surface area (Å²) in [6.45, 7) is 2.78. The minimum absolute atomic E-state index is 0.123. The molecular weight excluding hydrogens is 306 g/mol. The molecule has 2 fully saturated rings. The number of fused-ring (bicyclic) bond motifs is 1. The van der Waals surface area contributed by atoms with Gasteiger partial charge in [0.05, 0.1) is 5.69 Å². The molecule has 2 aliphatic rings. The molecule has 2 aromatic rings. The lowest BCUT2D eigenvalue weighted by Crippen LogP contribution is -2.35. The van der Waals surface area contributed by atoms with Crippen molar-refractivity contribution in [3.8, 4) is 0 Å². The Morgan fingerprint density at radius 2 is 2.21 bits per heavy atom. The van der Waals surface area contributed by atoms with Gasteiger partial charge in [-0.1, -0.05) is 35.5 Å². The summed E-state index contributed by atoms with van der Waals surface area (Å²) in [6, 6.07) is 11.6. The second-order valence-electron chi connectivity index (χ2n) is 6.55. The van der Waals surface area contributed by atoms with E-state index in [4.69, 9.17) is 9.26 Å². The van der Waals surface area contributed by atoms with Crippen LogP contribution in [0.2, 0.25) is 0 Å². The average Bonchev–Trinajstić information content (AvgIpc) is 2.98. The van der Waals surface area contributed by atoms with Crippen LogP contribution in [0.15, 0.2) is 47.2 Å². The lowest BCUT2D eigenvalue weighted by molar-refractivity contribution is 0.138. The topological polar surface area (TPSA) is 76.4 Å². The van der Waals surface area contributed by atoms with Gasteiger partial charge in [0.25, 0.3) is 0 Å². The zero-order valence-corrected chi connectivity index (χ0v) is 13.4. The molecule has 1 aromatic carbocycles. The molecule has 24 heavy (non-hydrogen) atoms. The second kappa shape index (κ2) is 6.28. The first-order chi connectivity index (χ1) is 11.8. The summed E-state index contributed by atoms with van der Waals surface area (Å²) in [4.78, 5) is 12.1. The third-order valence-corrected chi connectivity index (χ3v) is 5.35. The molecule has 0 bridgehead atoms. The summed E-state index contributed by atoms with van der Waals surface area (Å²) in [5.74, 6) is 1.03. The minimum Gasteiger partial charge on any atom is -0.445 e. The number of hydrogen-bond donors (Lipinski definition) is 2. The number of alkyl carbamates (subject to hydrolysis) is 1. The highest BCUT2D eigenvalue weighted by molar-refractivity contribution is 5.67. The molecule has 6 nitrogen and oxygen atoms in total. The van der Waals surface area contributed by atoms with E-state index in [1.54, 1.807) is 6.26 Å². The Labute approximate surface area is 140 Å². The molecule has 1 amide bonds. The summed E-state index contributed by atoms with van der Waals surface area (Å²) in [6.07, 6.45) is 2.30. The Kier molecular flexibility index (Phi) is 3.98. The van der Waals surface area contributed by atoms with Gasteiger partial charge in [-0.05, 0) is 36.9 Å². The smallest absolute Gasteiger partial charge is 0.407 e. The van der Waals surface area contributed by atoms with Crippen molar-refractivity contribution < 1.29 is 14.1 Å². The van der Waals surface area contributed by atoms with Crippen LogP contribution in [0, 0.1) is 11.8 Å². The number of carbonyl (C=O) groups excluding carboxylic acids is 1. The van der Waals surface area contributed by atoms with Crippen LogP contribution in [0.1, 0.15) is 17.7 Å². The third-order valence-electron chi connectivity index (χ3n) is 5.35. The van der Waals surface area contributed by atoms with E-state index in [1.165, 1.54) is 0 Å². The average molecular weight is 327 g/mol. The van der Waals surface area contributed by atoms with Crippen molar-refractivity contribution in [2.75, 3.05) is 19.6 Å². The van der Waals surface area contributed by atoms with Crippen LogP contribution < -0.4 is 10.6 Å². The molecular formula is C18H21N3O3. The van der Waals surface area contributed by atoms with E-state index >= 15 is 0 Å². The molecule has 1 saturated carbocycles. The van der Waals surface area contributed by atoms with E-state index < -0.39 is 6.09 Å². The van der Waals surface area contributed by atoms with Gasteiger partial charge >= 0.3 is 6.09 Å². The molecule has 0 radical (unpaired) electrons. The molecule has 1 aliphatic carbocycles. The van der Waals surface area contributed by atoms with E-state index in [2.05, 4.69) is 15.8 Å². The molecule has 126 valence electrons. The Hall–Kier alpha value is -2.34. The predicted octanol–water partition coefficient (Wildman–Crippen LogP) is 2.08. The van der Waals surface area contributed by atoms with Crippen molar-refractivity contribution in [1.82, 2.24) is 15.8 Å². The standard InChI is InChI=1S/C18H21N3O3/c22-17(23-11-13-4-2-1-3-5-13)20-12-18(16-7-9-24-21-16)14-6-8-19-10-15(14)18/h1-5,7,9,14-15,19H,6,8,10-12H2,(H,20,22). The molecule has 3 unspecified atom stereocenters. The van der Waals surface area contributed by atoms with Crippen molar-refractivity contribution in [2.24, 2.45) is 11.8 Å². The Morgan fingerprint density at radius 1 is 1.33 bits per heavy atom. The van der Waals surface area contributed by atoms with Gasteiger partial charge in [-0.25, -0.2) is 4.79 Å². The Morgan fingerprint density at radius 3 is 2.92 bits per heavy atom. The molecule has 1 saturated heterocycles. The molecule has 4 rings (SSSR count). The molecule has 1 aliphatic heterocycles. The summed E-state index contributed by atoms with van der Waals surface area (Å²) in [7, 11) is 0. The lowest BCUT2D eigenvalue weighted by Gasteiger charge is -2.16. The first-order valence-corrected chi connectivity index (χ1v) is 8.37. The zero-order chi connectivity index (χ0) is 16.4. The van der Waals surface area contributed by atoms with Crippen molar-refractivity contribution in [1.29, 1.82) is 0 Å². The van der Waals surface area contributed by atoms with E-state index in [1.807, 2.05) is 36.4 Å². The fourth-order valence-corrected chi connectivity index (χ4v) is 4.08. The SMILES string of the molecule is O=C(NCC1(c2ccon2)C2CCNCC21)OCc1ccccc1. The van der Waals surface area contributed by atoms with Crippen molar-refractivity contribution in [3.05, 3.63) is 53.9 Å². The second-order valence-corrected chi connectivity index (χ2v) is 6.55. The highest BCUT2D eigenvalue weighted by Crippen LogP contribution is 2.61. The number of aromatic nitrogens is 1. The molecule has 0 spiro atoms. The van der Waals surface area contributed by atoms with E-state index in [0.717, 1.165) is 30.8 Å². The Bertz CT molecular complexity index is 675. The van der Waals surface area contributed by atoms with Crippen molar-refractivity contribution in [2.45, 2.75) is 18.4 Å². The van der Waals surface area contributed by atoms with Crippen LogP contribution in [-0.4, -0.2) is 30.9 Å². The van der Waals surface area contributed by atoms with Gasteiger partial charge in [-0.15, -0.1) is 0 Å². The maximum Gasteiger partial charge on any atom is 0.407 e. The quantitative estimate of drug-likeness (QED) is 0.879. The minimum atomic E-state index is -0.390. The van der Waals surface area contributed by atoms with E-state index in [-0.39, 0.29) is 12.0 Å². The normalized spacial score (nSPS) is 28.0. The first kappa shape index (κ1) is 15.2.